The van der Waals surface area contributed by atoms with E-state index >= 15 is 4.57 Å². The van der Waals surface area contributed by atoms with E-state index in [1.54, 1.807) is 10.9 Å². The van der Waals surface area contributed by atoms with E-state index in [2.05, 4.69) is 48.1 Å². The lowest BCUT2D eigenvalue weighted by molar-refractivity contribution is 0.588. The number of aliphatic imine (C=N–C) groups is 1. The number of hydrogen-bond donors (Lipinski definition) is 0. The van der Waals surface area contributed by atoms with Crippen LogP contribution in [0.15, 0.2) is 70.6 Å². The highest BCUT2D eigenvalue weighted by molar-refractivity contribution is 7.83. The molecule has 2 aromatic carbocycles. The molecule has 0 N–H and O–H groups in total. The van der Waals surface area contributed by atoms with Gasteiger partial charge in [0.1, 0.15) is 0 Å². The van der Waals surface area contributed by atoms with E-state index in [1.807, 2.05) is 50.4 Å². The molecule has 1 aromatic heterocycles. The summed E-state index contributed by atoms with van der Waals surface area (Å²) in [6.45, 7) is 6.67. The van der Waals surface area contributed by atoms with Gasteiger partial charge in [0, 0.05) is 35.4 Å². The molecule has 0 aliphatic carbocycles. The van der Waals surface area contributed by atoms with Crippen molar-refractivity contribution in [2.75, 3.05) is 11.9 Å². The van der Waals surface area contributed by atoms with Crippen LogP contribution in [0.3, 0.4) is 0 Å². The van der Waals surface area contributed by atoms with Gasteiger partial charge in [0.25, 0.3) is 0 Å². The fourth-order valence-electron chi connectivity index (χ4n) is 5.26. The lowest BCUT2D eigenvalue weighted by Crippen LogP contribution is -2.30. The highest BCUT2D eigenvalue weighted by Gasteiger charge is 2.48. The molecule has 6 nitrogen and oxygen atoms in total. The van der Waals surface area contributed by atoms with Crippen LogP contribution in [0.1, 0.15) is 31.5 Å². The Bertz CT molecular complexity index is 1410. The van der Waals surface area contributed by atoms with E-state index in [0.29, 0.717) is 29.8 Å². The summed E-state index contributed by atoms with van der Waals surface area (Å²) in [6.07, 6.45) is 2.09. The second-order valence-electron chi connectivity index (χ2n) is 9.03. The summed E-state index contributed by atoms with van der Waals surface area (Å²) in [6, 6.07) is 20.2. The second-order valence-corrected chi connectivity index (χ2v) is 11.7. The van der Waals surface area contributed by atoms with Crippen molar-refractivity contribution in [3.05, 3.63) is 76.9 Å². The quantitative estimate of drug-likeness (QED) is 0.533. The molecule has 0 saturated heterocycles. The van der Waals surface area contributed by atoms with Gasteiger partial charge < -0.3 is 9.46 Å². The number of aryl methyl sites for hydroxylation is 2. The molecule has 2 aliphatic rings. The molecule has 0 spiro atoms. The molecule has 3 aromatic rings. The average Bonchev–Trinajstić information content (AvgIpc) is 3.25. The molecule has 1 atom stereocenters. The highest BCUT2D eigenvalue weighted by atomic mass is 31.2. The maximum Gasteiger partial charge on any atom is 0.179 e. The molecule has 0 radical (unpaired) electrons. The van der Waals surface area contributed by atoms with Gasteiger partial charge in [0.15, 0.2) is 13.0 Å². The monoisotopic (exact) mass is 455 g/mol. The Kier molecular flexibility index (Phi) is 4.92. The molecular weight excluding hydrogens is 429 g/mol. The third-order valence-electron chi connectivity index (χ3n) is 6.70. The normalized spacial score (nSPS) is 22.7. The first kappa shape index (κ1) is 21.4. The Balaban J connectivity index is 1.84. The number of nitrogens with zero attached hydrogens (tertiary/aromatic N) is 5. The van der Waals surface area contributed by atoms with Crippen molar-refractivity contribution < 1.29 is 4.57 Å². The van der Waals surface area contributed by atoms with E-state index in [-0.39, 0.29) is 5.41 Å². The summed E-state index contributed by atoms with van der Waals surface area (Å²) in [5.74, 6) is 0.593. The topological polar surface area (TPSA) is 74.3 Å². The predicted molar refractivity (Wildman–Crippen MR) is 134 cm³/mol. The Morgan fingerprint density at radius 2 is 1.79 bits per heavy atom. The molecule has 0 bridgehead atoms. The number of allylic oxidation sites excluding steroid dienone is 2. The zero-order chi connectivity index (χ0) is 23.4. The fourth-order valence-corrected chi connectivity index (χ4v) is 8.54. The van der Waals surface area contributed by atoms with Gasteiger partial charge in [-0.3, -0.25) is 0 Å². The van der Waals surface area contributed by atoms with Crippen molar-refractivity contribution in [1.82, 2.24) is 9.78 Å². The summed E-state index contributed by atoms with van der Waals surface area (Å²) in [7, 11) is -1.25. The molecule has 0 fully saturated rings. The van der Waals surface area contributed by atoms with Crippen molar-refractivity contribution in [2.24, 2.45) is 4.99 Å². The Morgan fingerprint density at radius 1 is 1.09 bits per heavy atom. The van der Waals surface area contributed by atoms with Crippen molar-refractivity contribution in [1.29, 1.82) is 5.26 Å². The largest absolute Gasteiger partial charge is 0.346 e. The van der Waals surface area contributed by atoms with Gasteiger partial charge in [-0.05, 0) is 18.6 Å². The summed E-state index contributed by atoms with van der Waals surface area (Å²) in [5.41, 5.74) is 3.66. The molecule has 2 aliphatic heterocycles. The van der Waals surface area contributed by atoms with Crippen LogP contribution < -0.4 is 15.5 Å². The van der Waals surface area contributed by atoms with E-state index in [9.17, 15) is 0 Å². The van der Waals surface area contributed by atoms with Crippen molar-refractivity contribution in [2.45, 2.75) is 39.2 Å². The smallest absolute Gasteiger partial charge is 0.179 e. The van der Waals surface area contributed by atoms with E-state index in [0.717, 1.165) is 22.0 Å². The first-order valence-electron chi connectivity index (χ1n) is 11.0. The molecule has 33 heavy (non-hydrogen) atoms. The predicted octanol–water partition coefficient (Wildman–Crippen LogP) is 4.77. The van der Waals surface area contributed by atoms with E-state index in [4.69, 9.17) is 10.3 Å². The van der Waals surface area contributed by atoms with Gasteiger partial charge in [0.05, 0.1) is 35.3 Å². The van der Waals surface area contributed by atoms with Gasteiger partial charge in [-0.1, -0.05) is 62.4 Å². The third kappa shape index (κ3) is 2.96. The molecule has 0 saturated carbocycles. The summed E-state index contributed by atoms with van der Waals surface area (Å²) < 4.78 is 17.1. The first-order chi connectivity index (χ1) is 15.8. The number of anilines is 1. The molecule has 0 unspecified atom stereocenters. The van der Waals surface area contributed by atoms with E-state index < -0.39 is 7.14 Å². The number of rotatable bonds is 3. The van der Waals surface area contributed by atoms with Crippen LogP contribution in [-0.2, 0) is 16.5 Å². The van der Waals surface area contributed by atoms with Gasteiger partial charge in [0.2, 0.25) is 0 Å². The zero-order valence-corrected chi connectivity index (χ0v) is 20.2. The van der Waals surface area contributed by atoms with Crippen LogP contribution in [0.2, 0.25) is 0 Å². The average molecular weight is 456 g/mol. The van der Waals surface area contributed by atoms with Crippen molar-refractivity contribution in [3.63, 3.8) is 0 Å². The standard InChI is InChI=1S/C26H26N5OP/c1-18-23-25(31(29-18)16-10-15-27)28-17-22(33(23,32)19-11-6-5-7-12-19)24-26(2,3)20-13-8-9-14-21(20)30(24)4/h5-9,11-14,17H,10,16H2,1-4H3/b24-22+/t33-/m0/s1. The molecule has 7 heteroatoms. The number of likely N-dealkylation sites (N-methyl/N-ethyl adjacent to an activating group) is 1. The van der Waals surface area contributed by atoms with Crippen LogP contribution in [0, 0.1) is 18.3 Å². The number of fused-ring (bicyclic) bond motifs is 2. The maximum atomic E-state index is 15.4. The molecule has 5 rings (SSSR count). The summed E-state index contributed by atoms with van der Waals surface area (Å²) >= 11 is 0. The van der Waals surface area contributed by atoms with Crippen LogP contribution in [0.5, 0.6) is 0 Å². The van der Waals surface area contributed by atoms with Gasteiger partial charge >= 0.3 is 0 Å². The number of aromatic nitrogens is 2. The molecule has 0 amide bonds. The van der Waals surface area contributed by atoms with Gasteiger partial charge in [-0.25, -0.2) is 9.67 Å². The lowest BCUT2D eigenvalue weighted by atomic mass is 9.84. The number of benzene rings is 2. The van der Waals surface area contributed by atoms with Crippen LogP contribution >= 0.6 is 7.14 Å². The molecule has 3 heterocycles. The number of nitriles is 1. The van der Waals surface area contributed by atoms with Crippen LogP contribution in [0.4, 0.5) is 11.5 Å². The minimum atomic E-state index is -3.29. The van der Waals surface area contributed by atoms with E-state index in [1.165, 1.54) is 5.56 Å². The Morgan fingerprint density at radius 3 is 2.48 bits per heavy atom. The van der Waals surface area contributed by atoms with Gasteiger partial charge in [-0.15, -0.1) is 0 Å². The highest BCUT2D eigenvalue weighted by Crippen LogP contribution is 2.61. The third-order valence-corrected chi connectivity index (χ3v) is 9.88. The van der Waals surface area contributed by atoms with Gasteiger partial charge in [-0.2, -0.15) is 10.4 Å². The second kappa shape index (κ2) is 7.57. The Hall–Kier alpha value is -3.42. The Labute approximate surface area is 194 Å². The zero-order valence-electron chi connectivity index (χ0n) is 19.3. The minimum Gasteiger partial charge on any atom is -0.346 e. The molecule has 166 valence electrons. The first-order valence-corrected chi connectivity index (χ1v) is 12.8. The minimum absolute atomic E-state index is 0.317. The SMILES string of the molecule is Cc1nn(CCC#N)c2c1[P@](=O)(c1ccccc1)/C(=C1/N(C)c3ccccc3C1(C)C)C=N2. The van der Waals surface area contributed by atoms with Crippen LogP contribution in [-0.4, -0.2) is 23.0 Å². The van der Waals surface area contributed by atoms with Crippen LogP contribution in [0.25, 0.3) is 0 Å². The maximum absolute atomic E-state index is 15.4. The van der Waals surface area contributed by atoms with Crippen molar-refractivity contribution >= 4 is 35.5 Å². The number of hydrogen-bond acceptors (Lipinski definition) is 5. The van der Waals surface area contributed by atoms with Crippen molar-refractivity contribution in [3.8, 4) is 6.07 Å². The lowest BCUT2D eigenvalue weighted by Gasteiger charge is -2.32. The summed E-state index contributed by atoms with van der Waals surface area (Å²) in [5, 5.41) is 15.9. The molecular formula is C26H26N5OP. The number of para-hydroxylation sites is 1. The fraction of sp³-hybridized carbons (Fsp3) is 0.269. The summed E-state index contributed by atoms with van der Waals surface area (Å²) in [4.78, 5) is 6.95.